The average Bonchev–Trinajstić information content (AvgIpc) is 2.74. The molecule has 2 aromatic carbocycles. The van der Waals surface area contributed by atoms with Crippen molar-refractivity contribution in [2.24, 2.45) is 0 Å². The molecule has 0 aliphatic carbocycles. The lowest BCUT2D eigenvalue weighted by Gasteiger charge is -2.31. The third-order valence-electron chi connectivity index (χ3n) is 4.78. The number of rotatable bonds is 7. The molecule has 1 fully saturated rings. The number of nitrogens with zero attached hydrogens (tertiary/aromatic N) is 2. The van der Waals surface area contributed by atoms with Crippen molar-refractivity contribution < 1.29 is 9.47 Å². The van der Waals surface area contributed by atoms with E-state index in [1.165, 1.54) is 0 Å². The Morgan fingerprint density at radius 3 is 2.59 bits per heavy atom. The van der Waals surface area contributed by atoms with E-state index >= 15 is 0 Å². The summed E-state index contributed by atoms with van der Waals surface area (Å²) in [6, 6.07) is 13.3. The zero-order valence-electron chi connectivity index (χ0n) is 16.4. The van der Waals surface area contributed by atoms with Crippen LogP contribution < -0.4 is 10.1 Å². The molecule has 1 aliphatic rings. The normalized spacial score (nSPS) is 14.4. The van der Waals surface area contributed by atoms with E-state index in [1.54, 1.807) is 25.3 Å². The Morgan fingerprint density at radius 1 is 1.17 bits per heavy atom. The minimum absolute atomic E-state index is 0.578. The van der Waals surface area contributed by atoms with Crippen molar-refractivity contribution in [2.45, 2.75) is 6.54 Å². The Kier molecular flexibility index (Phi) is 8.39. The number of nitrogens with one attached hydrogen (secondary N) is 1. The zero-order chi connectivity index (χ0) is 20.6. The fourth-order valence-corrected chi connectivity index (χ4v) is 3.68. The quantitative estimate of drug-likeness (QED) is 0.620. The SMILES string of the molecule is COc1ccc(CN(CCN2CCOCC2)C(=S)Nc2cc(Cl)ccc2Cl)cc1. The molecule has 8 heteroatoms. The number of ether oxygens (including phenoxy) is 2. The molecule has 0 amide bonds. The van der Waals surface area contributed by atoms with Gasteiger partial charge < -0.3 is 19.7 Å². The lowest BCUT2D eigenvalue weighted by atomic mass is 10.2. The Morgan fingerprint density at radius 2 is 1.90 bits per heavy atom. The number of methoxy groups -OCH3 is 1. The summed E-state index contributed by atoms with van der Waals surface area (Å²) in [5.74, 6) is 0.833. The van der Waals surface area contributed by atoms with Crippen molar-refractivity contribution in [3.8, 4) is 5.75 Å². The second-order valence-electron chi connectivity index (χ2n) is 6.78. The van der Waals surface area contributed by atoms with Gasteiger partial charge in [-0.25, -0.2) is 0 Å². The number of hydrogen-bond acceptors (Lipinski definition) is 4. The third kappa shape index (κ3) is 6.73. The maximum Gasteiger partial charge on any atom is 0.173 e. The molecule has 0 unspecified atom stereocenters. The summed E-state index contributed by atoms with van der Waals surface area (Å²) in [6.07, 6.45) is 0. The van der Waals surface area contributed by atoms with Crippen molar-refractivity contribution in [2.75, 3.05) is 51.8 Å². The molecule has 1 saturated heterocycles. The van der Waals surface area contributed by atoms with Crippen LogP contribution in [0.25, 0.3) is 0 Å². The van der Waals surface area contributed by atoms with E-state index < -0.39 is 0 Å². The number of benzene rings is 2. The van der Waals surface area contributed by atoms with E-state index in [9.17, 15) is 0 Å². The lowest BCUT2D eigenvalue weighted by molar-refractivity contribution is 0.0358. The van der Waals surface area contributed by atoms with Gasteiger partial charge in [0.05, 0.1) is 31.0 Å². The fraction of sp³-hybridized carbons (Fsp3) is 0.381. The summed E-state index contributed by atoms with van der Waals surface area (Å²) in [6.45, 7) is 5.81. The van der Waals surface area contributed by atoms with Crippen LogP contribution in [0.2, 0.25) is 10.0 Å². The third-order valence-corrected chi connectivity index (χ3v) is 5.70. The van der Waals surface area contributed by atoms with Gasteiger partial charge in [-0.05, 0) is 48.1 Å². The van der Waals surface area contributed by atoms with E-state index in [-0.39, 0.29) is 0 Å². The zero-order valence-corrected chi connectivity index (χ0v) is 18.7. The van der Waals surface area contributed by atoms with Crippen LogP contribution in [0.3, 0.4) is 0 Å². The van der Waals surface area contributed by atoms with Gasteiger partial charge in [-0.2, -0.15) is 0 Å². The van der Waals surface area contributed by atoms with E-state index in [0.29, 0.717) is 27.4 Å². The molecule has 0 bridgehead atoms. The molecule has 3 rings (SSSR count). The fourth-order valence-electron chi connectivity index (χ4n) is 3.08. The van der Waals surface area contributed by atoms with E-state index in [0.717, 1.165) is 50.7 Å². The minimum atomic E-state index is 0.578. The van der Waals surface area contributed by atoms with Crippen LogP contribution in [-0.2, 0) is 11.3 Å². The summed E-state index contributed by atoms with van der Waals surface area (Å²) < 4.78 is 10.7. The first-order chi connectivity index (χ1) is 14.0. The Balaban J connectivity index is 1.70. The highest BCUT2D eigenvalue weighted by Crippen LogP contribution is 2.26. The van der Waals surface area contributed by atoms with Crippen molar-refractivity contribution >= 4 is 46.2 Å². The lowest BCUT2D eigenvalue weighted by Crippen LogP contribution is -2.44. The van der Waals surface area contributed by atoms with E-state index in [4.69, 9.17) is 44.9 Å². The predicted octanol–water partition coefficient (Wildman–Crippen LogP) is 4.53. The van der Waals surface area contributed by atoms with Gasteiger partial charge in [-0.15, -0.1) is 0 Å². The molecule has 29 heavy (non-hydrogen) atoms. The monoisotopic (exact) mass is 453 g/mol. The molecule has 1 N–H and O–H groups in total. The highest BCUT2D eigenvalue weighted by atomic mass is 35.5. The predicted molar refractivity (Wildman–Crippen MR) is 123 cm³/mol. The van der Waals surface area contributed by atoms with Gasteiger partial charge in [0.15, 0.2) is 5.11 Å². The number of halogens is 2. The van der Waals surface area contributed by atoms with Crippen molar-refractivity contribution in [1.82, 2.24) is 9.80 Å². The molecular weight excluding hydrogens is 429 g/mol. The maximum atomic E-state index is 6.30. The summed E-state index contributed by atoms with van der Waals surface area (Å²) in [5.41, 5.74) is 1.85. The van der Waals surface area contributed by atoms with Gasteiger partial charge in [-0.3, -0.25) is 4.90 Å². The second-order valence-corrected chi connectivity index (χ2v) is 8.01. The topological polar surface area (TPSA) is 37.0 Å². The number of hydrogen-bond donors (Lipinski definition) is 1. The van der Waals surface area contributed by atoms with Crippen LogP contribution >= 0.6 is 35.4 Å². The van der Waals surface area contributed by atoms with Gasteiger partial charge in [0.25, 0.3) is 0 Å². The number of morpholine rings is 1. The van der Waals surface area contributed by atoms with Crippen molar-refractivity contribution in [3.05, 3.63) is 58.1 Å². The number of anilines is 1. The number of thiocarbonyl (C=S) groups is 1. The Bertz CT molecular complexity index is 814. The van der Waals surface area contributed by atoms with Gasteiger partial charge in [0, 0.05) is 37.7 Å². The van der Waals surface area contributed by atoms with Gasteiger partial charge in [0.2, 0.25) is 0 Å². The summed E-state index contributed by atoms with van der Waals surface area (Å²) >= 11 is 18.1. The van der Waals surface area contributed by atoms with Crippen LogP contribution in [-0.4, -0.2) is 61.4 Å². The van der Waals surface area contributed by atoms with Crippen molar-refractivity contribution in [3.63, 3.8) is 0 Å². The molecule has 0 radical (unpaired) electrons. The van der Waals surface area contributed by atoms with Gasteiger partial charge in [0.1, 0.15) is 5.75 Å². The molecular formula is C21H25Cl2N3O2S. The van der Waals surface area contributed by atoms with Crippen molar-refractivity contribution in [1.29, 1.82) is 0 Å². The molecule has 0 atom stereocenters. The van der Waals surface area contributed by atoms with Crippen LogP contribution in [0.1, 0.15) is 5.56 Å². The first kappa shape index (κ1) is 22.1. The average molecular weight is 454 g/mol. The first-order valence-electron chi connectivity index (χ1n) is 9.49. The Labute approximate surface area is 187 Å². The molecule has 2 aromatic rings. The van der Waals surface area contributed by atoms with Gasteiger partial charge in [-0.1, -0.05) is 35.3 Å². The highest BCUT2D eigenvalue weighted by Gasteiger charge is 2.16. The molecule has 0 aromatic heterocycles. The van der Waals surface area contributed by atoms with Crippen LogP contribution in [0, 0.1) is 0 Å². The Hall–Kier alpha value is -1.57. The maximum absolute atomic E-state index is 6.30. The second kappa shape index (κ2) is 11.0. The van der Waals surface area contributed by atoms with E-state index in [1.807, 2.05) is 12.1 Å². The molecule has 156 valence electrons. The molecule has 0 spiro atoms. The van der Waals surface area contributed by atoms with Gasteiger partial charge >= 0.3 is 0 Å². The smallest absolute Gasteiger partial charge is 0.173 e. The van der Waals surface area contributed by atoms with Crippen LogP contribution in [0.5, 0.6) is 5.75 Å². The minimum Gasteiger partial charge on any atom is -0.497 e. The molecule has 5 nitrogen and oxygen atoms in total. The summed E-state index contributed by atoms with van der Waals surface area (Å²) in [4.78, 5) is 4.53. The highest BCUT2D eigenvalue weighted by molar-refractivity contribution is 7.80. The molecule has 1 heterocycles. The van der Waals surface area contributed by atoms with Crippen LogP contribution in [0.4, 0.5) is 5.69 Å². The summed E-state index contributed by atoms with van der Waals surface area (Å²) in [7, 11) is 1.66. The first-order valence-corrected chi connectivity index (χ1v) is 10.7. The summed E-state index contributed by atoms with van der Waals surface area (Å²) in [5, 5.41) is 5.05. The largest absolute Gasteiger partial charge is 0.497 e. The molecule has 0 saturated carbocycles. The van der Waals surface area contributed by atoms with Crippen LogP contribution in [0.15, 0.2) is 42.5 Å². The standard InChI is InChI=1S/C21H25Cl2N3O2S/c1-27-18-5-2-16(3-6-18)15-26(9-8-25-10-12-28-13-11-25)21(29)24-20-14-17(22)4-7-19(20)23/h2-7,14H,8-13,15H2,1H3,(H,24,29). The van der Waals surface area contributed by atoms with E-state index in [2.05, 4.69) is 27.2 Å². The molecule has 1 aliphatic heterocycles.